The zero-order chi connectivity index (χ0) is 19.7. The van der Waals surface area contributed by atoms with E-state index in [2.05, 4.69) is 5.32 Å². The van der Waals surface area contributed by atoms with Gasteiger partial charge in [0.1, 0.15) is 11.2 Å². The maximum atomic E-state index is 14.4. The topological polar surface area (TPSA) is 49.4 Å². The molecule has 0 saturated carbocycles. The van der Waals surface area contributed by atoms with Crippen LogP contribution in [-0.2, 0) is 4.79 Å². The number of carbonyl (C=O) groups is 2. The predicted octanol–water partition coefficient (Wildman–Crippen LogP) is 5.23. The first kappa shape index (κ1) is 18.7. The van der Waals surface area contributed by atoms with E-state index in [-0.39, 0.29) is 17.2 Å². The van der Waals surface area contributed by atoms with Gasteiger partial charge in [-0.1, -0.05) is 24.3 Å². The molecule has 0 spiro atoms. The second kappa shape index (κ2) is 7.77. The highest BCUT2D eigenvalue weighted by Crippen LogP contribution is 2.43. The maximum Gasteiger partial charge on any atom is 0.265 e. The average Bonchev–Trinajstić information content (AvgIpc) is 3.35. The van der Waals surface area contributed by atoms with Gasteiger partial charge >= 0.3 is 0 Å². The van der Waals surface area contributed by atoms with Crippen LogP contribution in [0.2, 0.25) is 0 Å². The van der Waals surface area contributed by atoms with Crippen molar-refractivity contribution < 1.29 is 14.0 Å². The average molecular weight is 413 g/mol. The summed E-state index contributed by atoms with van der Waals surface area (Å²) < 4.78 is 14.4. The minimum atomic E-state index is -0.411. The number of carbonyl (C=O) groups excluding carboxylic acids is 2. The summed E-state index contributed by atoms with van der Waals surface area (Å²) in [5.74, 6) is -0.382. The Labute approximate surface area is 170 Å². The number of hydrogen-bond acceptors (Lipinski definition) is 4. The number of thiophene rings is 1. The van der Waals surface area contributed by atoms with Gasteiger partial charge in [-0.05, 0) is 53.8 Å². The van der Waals surface area contributed by atoms with Gasteiger partial charge in [-0.25, -0.2) is 4.39 Å². The van der Waals surface area contributed by atoms with Crippen molar-refractivity contribution in [2.24, 2.45) is 0 Å². The van der Waals surface area contributed by atoms with E-state index in [0.717, 1.165) is 11.1 Å². The van der Waals surface area contributed by atoms with Crippen LogP contribution in [-0.4, -0.2) is 17.6 Å². The van der Waals surface area contributed by atoms with Gasteiger partial charge in [0.2, 0.25) is 5.91 Å². The Morgan fingerprint density at radius 3 is 2.68 bits per heavy atom. The van der Waals surface area contributed by atoms with Gasteiger partial charge in [-0.3, -0.25) is 14.5 Å². The van der Waals surface area contributed by atoms with Crippen LogP contribution in [0.5, 0.6) is 0 Å². The molecule has 28 heavy (non-hydrogen) atoms. The van der Waals surface area contributed by atoms with Crippen LogP contribution < -0.4 is 10.2 Å². The van der Waals surface area contributed by atoms with E-state index < -0.39 is 5.82 Å². The lowest BCUT2D eigenvalue weighted by atomic mass is 10.1. The first-order valence-corrected chi connectivity index (χ1v) is 10.6. The summed E-state index contributed by atoms with van der Waals surface area (Å²) in [6.07, 6.45) is 0. The van der Waals surface area contributed by atoms with Crippen molar-refractivity contribution in [2.75, 3.05) is 16.0 Å². The summed E-state index contributed by atoms with van der Waals surface area (Å²) in [6, 6.07) is 15.7. The number of nitrogens with one attached hydrogen (secondary N) is 1. The molecule has 1 atom stereocenters. The van der Waals surface area contributed by atoms with Gasteiger partial charge in [0.15, 0.2) is 0 Å². The molecule has 2 aromatic carbocycles. The van der Waals surface area contributed by atoms with Crippen molar-refractivity contribution in [1.82, 2.24) is 0 Å². The minimum Gasteiger partial charge on any atom is -0.321 e. The molecule has 1 aliphatic rings. The zero-order valence-corrected chi connectivity index (χ0v) is 16.6. The van der Waals surface area contributed by atoms with Crippen molar-refractivity contribution in [3.05, 3.63) is 81.8 Å². The summed E-state index contributed by atoms with van der Waals surface area (Å²) in [6.45, 7) is 1.87. The van der Waals surface area contributed by atoms with E-state index in [1.165, 1.54) is 34.1 Å². The highest BCUT2D eigenvalue weighted by molar-refractivity contribution is 8.00. The van der Waals surface area contributed by atoms with Gasteiger partial charge in [0.05, 0.1) is 16.3 Å². The molecule has 0 radical (unpaired) electrons. The third kappa shape index (κ3) is 3.68. The van der Waals surface area contributed by atoms with Crippen LogP contribution in [0, 0.1) is 12.7 Å². The van der Waals surface area contributed by atoms with Gasteiger partial charge in [-0.15, -0.1) is 23.1 Å². The summed E-state index contributed by atoms with van der Waals surface area (Å²) in [7, 11) is 0. The van der Waals surface area contributed by atoms with Crippen LogP contribution in [0.25, 0.3) is 0 Å². The van der Waals surface area contributed by atoms with E-state index in [4.69, 9.17) is 0 Å². The van der Waals surface area contributed by atoms with Crippen molar-refractivity contribution in [1.29, 1.82) is 0 Å². The molecule has 1 aromatic heterocycles. The SMILES string of the molecule is Cc1ccc(F)c(N2C(=O)CS[C@H]2c2ccc(NC(=O)c3cccs3)cc2)c1. The van der Waals surface area contributed by atoms with Crippen LogP contribution in [0.15, 0.2) is 60.0 Å². The van der Waals surface area contributed by atoms with E-state index in [0.29, 0.717) is 22.0 Å². The molecule has 0 bridgehead atoms. The molecule has 1 aliphatic heterocycles. The Balaban J connectivity index is 1.57. The van der Waals surface area contributed by atoms with Crippen LogP contribution >= 0.6 is 23.1 Å². The van der Waals surface area contributed by atoms with Gasteiger partial charge in [0.25, 0.3) is 5.91 Å². The number of aryl methyl sites for hydroxylation is 1. The summed E-state index contributed by atoms with van der Waals surface area (Å²) in [5, 5.41) is 4.41. The summed E-state index contributed by atoms with van der Waals surface area (Å²) in [5.41, 5.74) is 2.75. The number of nitrogens with zero attached hydrogens (tertiary/aromatic N) is 1. The molecule has 142 valence electrons. The fourth-order valence-corrected chi connectivity index (χ4v) is 4.86. The first-order valence-electron chi connectivity index (χ1n) is 8.67. The molecule has 0 unspecified atom stereocenters. The third-order valence-corrected chi connectivity index (χ3v) is 6.51. The van der Waals surface area contributed by atoms with Crippen LogP contribution in [0.3, 0.4) is 0 Å². The molecule has 1 N–H and O–H groups in total. The Bertz CT molecular complexity index is 1020. The van der Waals surface area contributed by atoms with Crippen LogP contribution in [0.1, 0.15) is 26.2 Å². The quantitative estimate of drug-likeness (QED) is 0.639. The highest BCUT2D eigenvalue weighted by Gasteiger charge is 2.35. The molecule has 4 rings (SSSR count). The smallest absolute Gasteiger partial charge is 0.265 e. The molecule has 1 fully saturated rings. The summed E-state index contributed by atoms with van der Waals surface area (Å²) >= 11 is 2.84. The van der Waals surface area contributed by atoms with Crippen LogP contribution in [0.4, 0.5) is 15.8 Å². The fraction of sp³-hybridized carbons (Fsp3) is 0.143. The molecule has 7 heteroatoms. The third-order valence-electron chi connectivity index (χ3n) is 4.43. The first-order chi connectivity index (χ1) is 13.5. The largest absolute Gasteiger partial charge is 0.321 e. The highest BCUT2D eigenvalue weighted by atomic mass is 32.2. The molecule has 1 saturated heterocycles. The zero-order valence-electron chi connectivity index (χ0n) is 15.0. The maximum absolute atomic E-state index is 14.4. The fourth-order valence-electron chi connectivity index (χ4n) is 3.07. The van der Waals surface area contributed by atoms with Crippen molar-refractivity contribution >= 4 is 46.3 Å². The Hall–Kier alpha value is -2.64. The van der Waals surface area contributed by atoms with E-state index >= 15 is 0 Å². The van der Waals surface area contributed by atoms with Gasteiger partial charge in [0, 0.05) is 5.69 Å². The number of anilines is 2. The number of hydrogen-bond donors (Lipinski definition) is 1. The molecule has 3 aromatic rings. The standard InChI is InChI=1S/C21H17FN2O2S2/c1-13-4-9-16(22)17(11-13)24-19(25)12-28-21(24)14-5-7-15(8-6-14)23-20(26)18-3-2-10-27-18/h2-11,21H,12H2,1H3,(H,23,26)/t21-/m0/s1. The molecule has 2 amide bonds. The Kier molecular flexibility index (Phi) is 5.19. The number of rotatable bonds is 4. The van der Waals surface area contributed by atoms with E-state index in [1.807, 2.05) is 30.5 Å². The molecule has 4 nitrogen and oxygen atoms in total. The van der Waals surface area contributed by atoms with Crippen molar-refractivity contribution in [3.63, 3.8) is 0 Å². The monoisotopic (exact) mass is 412 g/mol. The molecular formula is C21H17FN2O2S2. The van der Waals surface area contributed by atoms with Gasteiger partial charge < -0.3 is 5.32 Å². The van der Waals surface area contributed by atoms with Crippen molar-refractivity contribution in [2.45, 2.75) is 12.3 Å². The van der Waals surface area contributed by atoms with Gasteiger partial charge in [-0.2, -0.15) is 0 Å². The molecule has 2 heterocycles. The molecular weight excluding hydrogens is 395 g/mol. The van der Waals surface area contributed by atoms with E-state index in [1.54, 1.807) is 30.3 Å². The minimum absolute atomic E-state index is 0.116. The predicted molar refractivity (Wildman–Crippen MR) is 113 cm³/mol. The lowest BCUT2D eigenvalue weighted by Crippen LogP contribution is -2.28. The number of thioether (sulfide) groups is 1. The number of amides is 2. The summed E-state index contributed by atoms with van der Waals surface area (Å²) in [4.78, 5) is 26.8. The lowest BCUT2D eigenvalue weighted by Gasteiger charge is -2.25. The Morgan fingerprint density at radius 2 is 1.96 bits per heavy atom. The number of halogens is 1. The second-order valence-electron chi connectivity index (χ2n) is 6.44. The second-order valence-corrected chi connectivity index (χ2v) is 8.45. The number of benzene rings is 2. The van der Waals surface area contributed by atoms with E-state index in [9.17, 15) is 14.0 Å². The Morgan fingerprint density at radius 1 is 1.18 bits per heavy atom. The lowest BCUT2D eigenvalue weighted by molar-refractivity contribution is -0.115. The molecule has 0 aliphatic carbocycles. The van der Waals surface area contributed by atoms with Crippen molar-refractivity contribution in [3.8, 4) is 0 Å². The normalized spacial score (nSPS) is 16.4.